The van der Waals surface area contributed by atoms with Crippen LogP contribution in [0.1, 0.15) is 26.7 Å². The Bertz CT molecular complexity index is 103. The van der Waals surface area contributed by atoms with Gasteiger partial charge in [0.25, 0.3) is 0 Å². The van der Waals surface area contributed by atoms with Crippen LogP contribution >= 0.6 is 0 Å². The molecule has 14 heavy (non-hydrogen) atoms. The van der Waals surface area contributed by atoms with Crippen molar-refractivity contribution in [3.05, 3.63) is 0 Å². The predicted octanol–water partition coefficient (Wildman–Crippen LogP) is 1.62. The SMILES string of the molecule is CCN(CC)CCCC[SiH](OC)OC. The average Bonchev–Trinajstić information content (AvgIpc) is 2.24. The van der Waals surface area contributed by atoms with E-state index in [4.69, 9.17) is 8.85 Å². The minimum atomic E-state index is -1.29. The first-order chi connectivity index (χ1) is 6.78. The first-order valence-electron chi connectivity index (χ1n) is 5.56. The normalized spacial score (nSPS) is 11.6. The van der Waals surface area contributed by atoms with Gasteiger partial charge < -0.3 is 13.8 Å². The molecule has 0 spiro atoms. The van der Waals surface area contributed by atoms with E-state index in [9.17, 15) is 0 Å². The number of hydrogen-bond acceptors (Lipinski definition) is 3. The van der Waals surface area contributed by atoms with Gasteiger partial charge in [-0.15, -0.1) is 0 Å². The van der Waals surface area contributed by atoms with Crippen molar-refractivity contribution in [3.63, 3.8) is 0 Å². The van der Waals surface area contributed by atoms with Gasteiger partial charge >= 0.3 is 9.28 Å². The molecule has 4 heteroatoms. The smallest absolute Gasteiger partial charge is 0.320 e. The van der Waals surface area contributed by atoms with Crippen LogP contribution in [-0.2, 0) is 8.85 Å². The summed E-state index contributed by atoms with van der Waals surface area (Å²) in [5.41, 5.74) is 0. The summed E-state index contributed by atoms with van der Waals surface area (Å²) in [6.07, 6.45) is 2.49. The van der Waals surface area contributed by atoms with Crippen molar-refractivity contribution in [2.75, 3.05) is 33.9 Å². The van der Waals surface area contributed by atoms with Gasteiger partial charge in [-0.3, -0.25) is 0 Å². The second-order valence-electron chi connectivity index (χ2n) is 3.42. The minimum Gasteiger partial charge on any atom is -0.400 e. The van der Waals surface area contributed by atoms with Crippen LogP contribution in [0.15, 0.2) is 0 Å². The summed E-state index contributed by atoms with van der Waals surface area (Å²) in [4.78, 5) is 2.45. The lowest BCUT2D eigenvalue weighted by Gasteiger charge is -2.18. The Morgan fingerprint density at radius 1 is 1.00 bits per heavy atom. The van der Waals surface area contributed by atoms with Crippen LogP contribution in [-0.4, -0.2) is 48.0 Å². The predicted molar refractivity (Wildman–Crippen MR) is 63.0 cm³/mol. The van der Waals surface area contributed by atoms with Gasteiger partial charge in [0.1, 0.15) is 0 Å². The molecule has 86 valence electrons. The summed E-state index contributed by atoms with van der Waals surface area (Å²) < 4.78 is 10.5. The van der Waals surface area contributed by atoms with Crippen LogP contribution in [0.5, 0.6) is 0 Å². The summed E-state index contributed by atoms with van der Waals surface area (Å²) in [6.45, 7) is 7.95. The summed E-state index contributed by atoms with van der Waals surface area (Å²) in [5, 5.41) is 0. The van der Waals surface area contributed by atoms with Gasteiger partial charge in [-0.05, 0) is 32.1 Å². The Labute approximate surface area is 90.2 Å². The van der Waals surface area contributed by atoms with Crippen molar-refractivity contribution >= 4 is 9.28 Å². The zero-order chi connectivity index (χ0) is 10.8. The Hall–Kier alpha value is 0.0969. The molecule has 0 heterocycles. The van der Waals surface area contributed by atoms with Gasteiger partial charge in [0.2, 0.25) is 0 Å². The third-order valence-electron chi connectivity index (χ3n) is 2.58. The lowest BCUT2D eigenvalue weighted by Crippen LogP contribution is -2.24. The highest BCUT2D eigenvalue weighted by Crippen LogP contribution is 2.04. The van der Waals surface area contributed by atoms with E-state index in [1.165, 1.54) is 19.4 Å². The first-order valence-corrected chi connectivity index (χ1v) is 7.32. The highest BCUT2D eigenvalue weighted by Gasteiger charge is 2.08. The van der Waals surface area contributed by atoms with E-state index in [1.54, 1.807) is 14.2 Å². The van der Waals surface area contributed by atoms with Crippen molar-refractivity contribution in [2.24, 2.45) is 0 Å². The van der Waals surface area contributed by atoms with Gasteiger partial charge in [-0.2, -0.15) is 0 Å². The summed E-state index contributed by atoms with van der Waals surface area (Å²) >= 11 is 0. The monoisotopic (exact) mass is 219 g/mol. The van der Waals surface area contributed by atoms with Crippen LogP contribution < -0.4 is 0 Å². The molecule has 0 fully saturated rings. The van der Waals surface area contributed by atoms with E-state index < -0.39 is 9.28 Å². The van der Waals surface area contributed by atoms with Crippen molar-refractivity contribution in [1.82, 2.24) is 4.90 Å². The van der Waals surface area contributed by atoms with E-state index in [-0.39, 0.29) is 0 Å². The van der Waals surface area contributed by atoms with Gasteiger partial charge in [0, 0.05) is 14.2 Å². The first kappa shape index (κ1) is 14.1. The highest BCUT2D eigenvalue weighted by atomic mass is 28.3. The molecule has 0 amide bonds. The molecule has 0 atom stereocenters. The van der Waals surface area contributed by atoms with Crippen molar-refractivity contribution < 1.29 is 8.85 Å². The summed E-state index contributed by atoms with van der Waals surface area (Å²) in [6, 6.07) is 1.13. The van der Waals surface area contributed by atoms with E-state index in [0.717, 1.165) is 19.1 Å². The molecule has 0 N–H and O–H groups in total. The molecule has 0 aromatic heterocycles. The van der Waals surface area contributed by atoms with Gasteiger partial charge in [-0.1, -0.05) is 20.3 Å². The maximum atomic E-state index is 5.26. The molecule has 3 nitrogen and oxygen atoms in total. The van der Waals surface area contributed by atoms with Crippen LogP contribution in [0.4, 0.5) is 0 Å². The van der Waals surface area contributed by atoms with E-state index in [2.05, 4.69) is 18.7 Å². The maximum absolute atomic E-state index is 5.26. The highest BCUT2D eigenvalue weighted by molar-refractivity contribution is 6.44. The average molecular weight is 219 g/mol. The van der Waals surface area contributed by atoms with Crippen molar-refractivity contribution in [3.8, 4) is 0 Å². The summed E-state index contributed by atoms with van der Waals surface area (Å²) in [7, 11) is 2.22. The largest absolute Gasteiger partial charge is 0.400 e. The van der Waals surface area contributed by atoms with Gasteiger partial charge in [0.15, 0.2) is 0 Å². The van der Waals surface area contributed by atoms with E-state index in [1.807, 2.05) is 0 Å². The molecular formula is C10H25NO2Si. The number of unbranched alkanes of at least 4 members (excludes halogenated alkanes) is 1. The fraction of sp³-hybridized carbons (Fsp3) is 1.00. The third-order valence-corrected chi connectivity index (χ3v) is 4.52. The quantitative estimate of drug-likeness (QED) is 0.434. The fourth-order valence-electron chi connectivity index (χ4n) is 1.52. The molecule has 0 bridgehead atoms. The molecule has 0 saturated heterocycles. The topological polar surface area (TPSA) is 21.7 Å². The molecule has 0 unspecified atom stereocenters. The fourth-order valence-corrected chi connectivity index (χ4v) is 2.80. The minimum absolute atomic E-state index is 1.13. The molecule has 0 saturated carbocycles. The van der Waals surface area contributed by atoms with Crippen molar-refractivity contribution in [2.45, 2.75) is 32.7 Å². The Balaban J connectivity index is 3.35. The molecule has 0 aliphatic heterocycles. The van der Waals surface area contributed by atoms with Crippen LogP contribution in [0.2, 0.25) is 6.04 Å². The number of hydrogen-bond donors (Lipinski definition) is 0. The van der Waals surface area contributed by atoms with E-state index in [0.29, 0.717) is 0 Å². The number of nitrogens with zero attached hydrogens (tertiary/aromatic N) is 1. The second kappa shape index (κ2) is 9.64. The van der Waals surface area contributed by atoms with Crippen molar-refractivity contribution in [1.29, 1.82) is 0 Å². The van der Waals surface area contributed by atoms with Gasteiger partial charge in [0.05, 0.1) is 0 Å². The Morgan fingerprint density at radius 3 is 2.00 bits per heavy atom. The van der Waals surface area contributed by atoms with Crippen LogP contribution in [0.3, 0.4) is 0 Å². The third kappa shape index (κ3) is 6.54. The zero-order valence-corrected chi connectivity index (χ0v) is 11.2. The lowest BCUT2D eigenvalue weighted by atomic mass is 10.3. The zero-order valence-electron chi connectivity index (χ0n) is 10.1. The molecule has 0 aliphatic rings. The number of rotatable bonds is 9. The van der Waals surface area contributed by atoms with Crippen LogP contribution in [0.25, 0.3) is 0 Å². The lowest BCUT2D eigenvalue weighted by molar-refractivity contribution is 0.271. The molecular weight excluding hydrogens is 194 g/mol. The maximum Gasteiger partial charge on any atom is 0.320 e. The second-order valence-corrected chi connectivity index (χ2v) is 5.80. The molecule has 0 rings (SSSR count). The van der Waals surface area contributed by atoms with Gasteiger partial charge in [-0.25, -0.2) is 0 Å². The van der Waals surface area contributed by atoms with Crippen LogP contribution in [0, 0.1) is 0 Å². The molecule has 0 aromatic rings. The van der Waals surface area contributed by atoms with E-state index >= 15 is 0 Å². The Morgan fingerprint density at radius 2 is 1.57 bits per heavy atom. The standard InChI is InChI=1S/C10H25NO2Si/c1-5-11(6-2)9-7-8-10-14(12-3)13-4/h14H,5-10H2,1-4H3. The summed E-state index contributed by atoms with van der Waals surface area (Å²) in [5.74, 6) is 0. The molecule has 0 radical (unpaired) electrons. The molecule has 0 aliphatic carbocycles. The Kier molecular flexibility index (Phi) is 9.71. The molecule has 0 aromatic carbocycles.